The lowest BCUT2D eigenvalue weighted by Gasteiger charge is -2.10. The van der Waals surface area contributed by atoms with E-state index in [2.05, 4.69) is 28.2 Å². The van der Waals surface area contributed by atoms with Gasteiger partial charge < -0.3 is 5.32 Å². The summed E-state index contributed by atoms with van der Waals surface area (Å²) in [5.41, 5.74) is -0.120. The molecule has 1 saturated carbocycles. The van der Waals surface area contributed by atoms with E-state index < -0.39 is 0 Å². The van der Waals surface area contributed by atoms with Crippen molar-refractivity contribution in [1.82, 2.24) is 5.32 Å². The molecule has 2 atom stereocenters. The van der Waals surface area contributed by atoms with Gasteiger partial charge in [-0.25, -0.2) is 0 Å². The van der Waals surface area contributed by atoms with Crippen LogP contribution in [0.5, 0.6) is 0 Å². The number of nitrogens with one attached hydrogen (secondary N) is 1. The number of alkyl halides is 1. The molecule has 1 N–H and O–H groups in total. The maximum atomic E-state index is 11.6. The summed E-state index contributed by atoms with van der Waals surface area (Å²) in [6, 6.07) is 0. The number of halogens is 1. The van der Waals surface area contributed by atoms with Crippen molar-refractivity contribution < 1.29 is 4.79 Å². The number of hydrogen-bond acceptors (Lipinski definition) is 1. The molecule has 0 spiro atoms. The van der Waals surface area contributed by atoms with E-state index in [0.717, 1.165) is 19.4 Å². The van der Waals surface area contributed by atoms with Crippen LogP contribution in [0.4, 0.5) is 0 Å². The lowest BCUT2D eigenvalue weighted by atomic mass is 10.1. The van der Waals surface area contributed by atoms with Crippen molar-refractivity contribution in [2.24, 2.45) is 5.41 Å². The topological polar surface area (TPSA) is 29.1 Å². The fourth-order valence-electron chi connectivity index (χ4n) is 1.50. The first-order valence-electron chi connectivity index (χ1n) is 5.53. The molecule has 1 aliphatic rings. The van der Waals surface area contributed by atoms with Crippen LogP contribution in [-0.2, 0) is 4.79 Å². The van der Waals surface area contributed by atoms with Crippen molar-refractivity contribution in [2.75, 3.05) is 6.54 Å². The lowest BCUT2D eigenvalue weighted by Crippen LogP contribution is -2.32. The Hall–Kier alpha value is -0.0500. The molecule has 2 unspecified atom stereocenters. The molecule has 0 bridgehead atoms. The van der Waals surface area contributed by atoms with Crippen molar-refractivity contribution >= 4 is 21.8 Å². The molecule has 82 valence electrons. The van der Waals surface area contributed by atoms with E-state index in [0.29, 0.717) is 4.83 Å². The summed E-state index contributed by atoms with van der Waals surface area (Å²) in [7, 11) is 0. The Bertz CT molecular complexity index is 207. The van der Waals surface area contributed by atoms with Gasteiger partial charge >= 0.3 is 0 Å². The molecular formula is C11H20BrNO. The van der Waals surface area contributed by atoms with Gasteiger partial charge in [-0.3, -0.25) is 4.79 Å². The van der Waals surface area contributed by atoms with Crippen molar-refractivity contribution in [1.29, 1.82) is 0 Å². The van der Waals surface area contributed by atoms with Crippen LogP contribution in [-0.4, -0.2) is 17.3 Å². The van der Waals surface area contributed by atoms with E-state index in [1.165, 1.54) is 19.3 Å². The van der Waals surface area contributed by atoms with Crippen LogP contribution < -0.4 is 5.32 Å². The Kier molecular flexibility index (Phi) is 4.42. The lowest BCUT2D eigenvalue weighted by molar-refractivity contribution is -0.125. The fraction of sp³-hybridized carbons (Fsp3) is 0.909. The van der Waals surface area contributed by atoms with Gasteiger partial charge in [-0.2, -0.15) is 0 Å². The molecule has 3 heteroatoms. The first-order valence-corrected chi connectivity index (χ1v) is 6.45. The van der Waals surface area contributed by atoms with Crippen molar-refractivity contribution in [3.63, 3.8) is 0 Å². The average molecular weight is 262 g/mol. The highest BCUT2D eigenvalue weighted by Gasteiger charge is 2.54. The van der Waals surface area contributed by atoms with Crippen LogP contribution >= 0.6 is 15.9 Å². The Balaban J connectivity index is 2.05. The Morgan fingerprint density at radius 1 is 1.50 bits per heavy atom. The second kappa shape index (κ2) is 5.15. The van der Waals surface area contributed by atoms with E-state index in [1.54, 1.807) is 0 Å². The van der Waals surface area contributed by atoms with Gasteiger partial charge in [0.15, 0.2) is 0 Å². The van der Waals surface area contributed by atoms with Gasteiger partial charge in [-0.1, -0.05) is 42.1 Å². The summed E-state index contributed by atoms with van der Waals surface area (Å²) < 4.78 is 0. The third kappa shape index (κ3) is 2.97. The molecule has 0 aromatic heterocycles. The Morgan fingerprint density at radius 2 is 2.14 bits per heavy atom. The molecular weight excluding hydrogens is 242 g/mol. The third-order valence-electron chi connectivity index (χ3n) is 2.97. The monoisotopic (exact) mass is 261 g/mol. The molecule has 0 aromatic carbocycles. The van der Waals surface area contributed by atoms with E-state index in [1.807, 2.05) is 6.92 Å². The molecule has 0 heterocycles. The molecule has 1 rings (SSSR count). The third-order valence-corrected chi connectivity index (χ3v) is 4.30. The highest BCUT2D eigenvalue weighted by Crippen LogP contribution is 2.51. The Labute approximate surface area is 95.0 Å². The van der Waals surface area contributed by atoms with Crippen LogP contribution in [0.2, 0.25) is 0 Å². The van der Waals surface area contributed by atoms with Crippen molar-refractivity contribution in [3.8, 4) is 0 Å². The van der Waals surface area contributed by atoms with E-state index in [4.69, 9.17) is 0 Å². The molecule has 1 aliphatic carbocycles. The summed E-state index contributed by atoms with van der Waals surface area (Å²) in [5.74, 6) is 0.218. The van der Waals surface area contributed by atoms with Gasteiger partial charge in [0.05, 0.1) is 5.41 Å². The zero-order valence-electron chi connectivity index (χ0n) is 9.11. The number of amides is 1. The van der Waals surface area contributed by atoms with Gasteiger partial charge in [0, 0.05) is 11.4 Å². The standard InChI is InChI=1S/C11H20BrNO/c1-3-4-5-6-7-13-10(14)11(2)8-9(11)12/h9H,3-8H2,1-2H3,(H,13,14). The van der Waals surface area contributed by atoms with Crippen molar-refractivity contribution in [2.45, 2.75) is 50.8 Å². The van der Waals surface area contributed by atoms with Crippen LogP contribution in [0.1, 0.15) is 46.0 Å². The molecule has 1 amide bonds. The molecule has 2 nitrogen and oxygen atoms in total. The summed E-state index contributed by atoms with van der Waals surface area (Å²) in [5, 5.41) is 3.01. The van der Waals surface area contributed by atoms with E-state index in [9.17, 15) is 4.79 Å². The van der Waals surface area contributed by atoms with Crippen LogP contribution in [0.25, 0.3) is 0 Å². The molecule has 0 radical (unpaired) electrons. The zero-order chi connectivity index (χ0) is 10.6. The van der Waals surface area contributed by atoms with Gasteiger partial charge in [0.2, 0.25) is 5.91 Å². The normalized spacial score (nSPS) is 30.1. The summed E-state index contributed by atoms with van der Waals surface area (Å²) >= 11 is 3.48. The number of rotatable bonds is 6. The molecule has 0 saturated heterocycles. The minimum atomic E-state index is -0.120. The molecule has 14 heavy (non-hydrogen) atoms. The number of unbranched alkanes of at least 4 members (excludes halogenated alkanes) is 3. The SMILES string of the molecule is CCCCCCNC(=O)C1(C)CC1Br. The number of carbonyl (C=O) groups excluding carboxylic acids is 1. The van der Waals surface area contributed by atoms with E-state index >= 15 is 0 Å². The largest absolute Gasteiger partial charge is 0.356 e. The molecule has 0 aromatic rings. The highest BCUT2D eigenvalue weighted by atomic mass is 79.9. The molecule has 0 aliphatic heterocycles. The smallest absolute Gasteiger partial charge is 0.227 e. The van der Waals surface area contributed by atoms with Gasteiger partial charge in [0.25, 0.3) is 0 Å². The average Bonchev–Trinajstić information content (AvgIpc) is 2.76. The maximum Gasteiger partial charge on any atom is 0.227 e. The minimum Gasteiger partial charge on any atom is -0.356 e. The first kappa shape index (κ1) is 12.0. The minimum absolute atomic E-state index is 0.120. The second-order valence-electron chi connectivity index (χ2n) is 4.41. The van der Waals surface area contributed by atoms with Crippen molar-refractivity contribution in [3.05, 3.63) is 0 Å². The zero-order valence-corrected chi connectivity index (χ0v) is 10.7. The van der Waals surface area contributed by atoms with E-state index in [-0.39, 0.29) is 11.3 Å². The predicted molar refractivity (Wildman–Crippen MR) is 62.6 cm³/mol. The second-order valence-corrected chi connectivity index (χ2v) is 5.51. The highest BCUT2D eigenvalue weighted by molar-refractivity contribution is 9.09. The maximum absolute atomic E-state index is 11.6. The quantitative estimate of drug-likeness (QED) is 0.578. The first-order chi connectivity index (χ1) is 6.61. The van der Waals surface area contributed by atoms with Gasteiger partial charge in [-0.05, 0) is 19.8 Å². The van der Waals surface area contributed by atoms with Crippen LogP contribution in [0.3, 0.4) is 0 Å². The predicted octanol–water partition coefficient (Wildman–Crippen LogP) is 2.86. The number of hydrogen-bond donors (Lipinski definition) is 1. The Morgan fingerprint density at radius 3 is 2.64 bits per heavy atom. The molecule has 1 fully saturated rings. The van der Waals surface area contributed by atoms with Gasteiger partial charge in [0.1, 0.15) is 0 Å². The van der Waals surface area contributed by atoms with Crippen LogP contribution in [0, 0.1) is 5.41 Å². The summed E-state index contributed by atoms with van der Waals surface area (Å²) in [4.78, 5) is 12.0. The van der Waals surface area contributed by atoms with Crippen LogP contribution in [0.15, 0.2) is 0 Å². The summed E-state index contributed by atoms with van der Waals surface area (Å²) in [6.45, 7) is 5.06. The fourth-order valence-corrected chi connectivity index (χ4v) is 2.38. The van der Waals surface area contributed by atoms with Gasteiger partial charge in [-0.15, -0.1) is 0 Å². The number of carbonyl (C=O) groups is 1. The summed E-state index contributed by atoms with van der Waals surface area (Å²) in [6.07, 6.45) is 5.84.